The average molecular weight is 408 g/mol. The normalized spacial score (nSPS) is 15.5. The minimum absolute atomic E-state index is 0.0283. The van der Waals surface area contributed by atoms with Crippen LogP contribution in [0.2, 0.25) is 0 Å². The van der Waals surface area contributed by atoms with Gasteiger partial charge in [0.15, 0.2) is 0 Å². The van der Waals surface area contributed by atoms with Gasteiger partial charge in [-0.1, -0.05) is 72.8 Å². The molecule has 4 nitrogen and oxygen atoms in total. The molecule has 0 spiro atoms. The molecule has 0 N–H and O–H groups in total. The highest BCUT2D eigenvalue weighted by molar-refractivity contribution is 6.01. The van der Waals surface area contributed by atoms with Crippen LogP contribution in [0, 0.1) is 6.92 Å². The second kappa shape index (κ2) is 7.88. The Balaban J connectivity index is 1.63. The zero-order chi connectivity index (χ0) is 21.4. The Morgan fingerprint density at radius 1 is 0.903 bits per heavy atom. The highest BCUT2D eigenvalue weighted by Gasteiger charge is 2.32. The summed E-state index contributed by atoms with van der Waals surface area (Å²) in [6, 6.07) is 28.4. The zero-order valence-corrected chi connectivity index (χ0v) is 17.8. The number of para-hydroxylation sites is 1. The number of fused-ring (bicyclic) bond motifs is 1. The first kappa shape index (κ1) is 19.3. The number of benzene rings is 3. The minimum atomic E-state index is 0.0283. The number of aromatic nitrogens is 2. The molecule has 4 heteroatoms. The molecule has 154 valence electrons. The van der Waals surface area contributed by atoms with Gasteiger partial charge in [0.25, 0.3) is 5.91 Å². The first-order valence-electron chi connectivity index (χ1n) is 10.7. The summed E-state index contributed by atoms with van der Waals surface area (Å²) in [5, 5.41) is 4.90. The summed E-state index contributed by atoms with van der Waals surface area (Å²) in [6.45, 7) is 4.82. The third-order valence-electron chi connectivity index (χ3n) is 6.23. The lowest BCUT2D eigenvalue weighted by molar-refractivity contribution is 0.0677. The Morgan fingerprint density at radius 3 is 2.29 bits per heavy atom. The molecule has 0 saturated carbocycles. The second-order valence-electron chi connectivity index (χ2n) is 8.05. The van der Waals surface area contributed by atoms with Gasteiger partial charge in [0.05, 0.1) is 23.0 Å². The third kappa shape index (κ3) is 3.34. The maximum Gasteiger partial charge on any atom is 0.258 e. The molecule has 3 aromatic carbocycles. The van der Waals surface area contributed by atoms with Crippen LogP contribution in [0.4, 0.5) is 0 Å². The Bertz CT molecular complexity index is 1230. The van der Waals surface area contributed by atoms with Crippen LogP contribution in [0.1, 0.15) is 40.1 Å². The number of carbonyl (C=O) groups is 1. The van der Waals surface area contributed by atoms with Crippen molar-refractivity contribution in [2.75, 3.05) is 6.54 Å². The fourth-order valence-corrected chi connectivity index (χ4v) is 4.57. The van der Waals surface area contributed by atoms with Crippen LogP contribution >= 0.6 is 0 Å². The van der Waals surface area contributed by atoms with Crippen molar-refractivity contribution in [3.63, 3.8) is 0 Å². The van der Waals surface area contributed by atoms with Gasteiger partial charge in [0.2, 0.25) is 0 Å². The van der Waals surface area contributed by atoms with Crippen LogP contribution in [0.25, 0.3) is 16.9 Å². The molecular formula is C27H25N3O. The molecular weight excluding hydrogens is 382 g/mol. The highest BCUT2D eigenvalue weighted by Crippen LogP contribution is 2.34. The quantitative estimate of drug-likeness (QED) is 0.443. The molecule has 2 heterocycles. The van der Waals surface area contributed by atoms with Crippen LogP contribution in [-0.4, -0.2) is 27.1 Å². The SMILES string of the molecule is Cc1c(C(=O)N2CCc3ccccc3C2C)c(-c2ccccc2)nn1-c1ccccc1. The maximum absolute atomic E-state index is 14.0. The summed E-state index contributed by atoms with van der Waals surface area (Å²) in [5.41, 5.74) is 6.75. The van der Waals surface area contributed by atoms with Gasteiger partial charge in [0.1, 0.15) is 5.69 Å². The molecule has 0 radical (unpaired) electrons. The van der Waals surface area contributed by atoms with Crippen molar-refractivity contribution in [3.8, 4) is 16.9 Å². The lowest BCUT2D eigenvalue weighted by atomic mass is 9.92. The van der Waals surface area contributed by atoms with Crippen molar-refractivity contribution in [2.45, 2.75) is 26.3 Å². The molecule has 0 saturated heterocycles. The summed E-state index contributed by atoms with van der Waals surface area (Å²) in [5.74, 6) is 0.0422. The number of nitrogens with zero attached hydrogens (tertiary/aromatic N) is 3. The third-order valence-corrected chi connectivity index (χ3v) is 6.23. The summed E-state index contributed by atoms with van der Waals surface area (Å²) in [4.78, 5) is 15.9. The lowest BCUT2D eigenvalue weighted by Gasteiger charge is -2.35. The number of hydrogen-bond acceptors (Lipinski definition) is 2. The second-order valence-corrected chi connectivity index (χ2v) is 8.05. The molecule has 0 bridgehead atoms. The molecule has 1 amide bonds. The number of carbonyl (C=O) groups excluding carboxylic acids is 1. The largest absolute Gasteiger partial charge is 0.331 e. The summed E-state index contributed by atoms with van der Waals surface area (Å²) >= 11 is 0. The van der Waals surface area contributed by atoms with E-state index in [-0.39, 0.29) is 11.9 Å². The Hall–Kier alpha value is -3.66. The number of rotatable bonds is 3. The van der Waals surface area contributed by atoms with E-state index in [0.29, 0.717) is 12.1 Å². The monoisotopic (exact) mass is 407 g/mol. The van der Waals surface area contributed by atoms with Gasteiger partial charge in [-0.2, -0.15) is 5.10 Å². The molecule has 1 aliphatic rings. The van der Waals surface area contributed by atoms with E-state index in [4.69, 9.17) is 5.10 Å². The number of hydrogen-bond donors (Lipinski definition) is 0. The molecule has 0 aliphatic carbocycles. The first-order valence-corrected chi connectivity index (χ1v) is 10.7. The van der Waals surface area contributed by atoms with Crippen LogP contribution in [0.3, 0.4) is 0 Å². The Morgan fingerprint density at radius 2 is 1.55 bits per heavy atom. The Labute approximate surface area is 182 Å². The molecule has 1 atom stereocenters. The van der Waals surface area contributed by atoms with E-state index in [2.05, 4.69) is 31.2 Å². The van der Waals surface area contributed by atoms with E-state index in [1.807, 2.05) is 77.2 Å². The molecule has 0 fully saturated rings. The maximum atomic E-state index is 14.0. The van der Waals surface area contributed by atoms with Crippen LogP contribution < -0.4 is 0 Å². The summed E-state index contributed by atoms with van der Waals surface area (Å²) < 4.78 is 1.89. The number of amides is 1. The van der Waals surface area contributed by atoms with Gasteiger partial charge in [-0.3, -0.25) is 4.79 Å². The molecule has 31 heavy (non-hydrogen) atoms. The Kier molecular flexibility index (Phi) is 4.91. The summed E-state index contributed by atoms with van der Waals surface area (Å²) in [6.07, 6.45) is 0.874. The molecule has 5 rings (SSSR count). The zero-order valence-electron chi connectivity index (χ0n) is 17.8. The van der Waals surface area contributed by atoms with E-state index in [9.17, 15) is 4.79 Å². The van der Waals surface area contributed by atoms with Gasteiger partial charge in [0, 0.05) is 12.1 Å². The first-order chi connectivity index (χ1) is 15.1. The lowest BCUT2D eigenvalue weighted by Crippen LogP contribution is -2.39. The molecule has 4 aromatic rings. The van der Waals surface area contributed by atoms with E-state index in [1.54, 1.807) is 0 Å². The van der Waals surface area contributed by atoms with Crippen LogP contribution in [0.15, 0.2) is 84.9 Å². The van der Waals surface area contributed by atoms with Crippen molar-refractivity contribution in [3.05, 3.63) is 107 Å². The predicted octanol–water partition coefficient (Wildman–Crippen LogP) is 5.61. The smallest absolute Gasteiger partial charge is 0.258 e. The van der Waals surface area contributed by atoms with Gasteiger partial charge in [-0.15, -0.1) is 0 Å². The van der Waals surface area contributed by atoms with Gasteiger partial charge >= 0.3 is 0 Å². The van der Waals surface area contributed by atoms with Crippen molar-refractivity contribution in [1.29, 1.82) is 0 Å². The molecule has 1 aromatic heterocycles. The van der Waals surface area contributed by atoms with Gasteiger partial charge in [-0.05, 0) is 43.5 Å². The van der Waals surface area contributed by atoms with E-state index in [0.717, 1.165) is 29.1 Å². The fourth-order valence-electron chi connectivity index (χ4n) is 4.57. The van der Waals surface area contributed by atoms with E-state index in [1.165, 1.54) is 11.1 Å². The van der Waals surface area contributed by atoms with Gasteiger partial charge in [-0.25, -0.2) is 4.68 Å². The van der Waals surface area contributed by atoms with Crippen LogP contribution in [0.5, 0.6) is 0 Å². The van der Waals surface area contributed by atoms with Gasteiger partial charge < -0.3 is 4.90 Å². The molecule has 1 unspecified atom stereocenters. The van der Waals surface area contributed by atoms with E-state index < -0.39 is 0 Å². The minimum Gasteiger partial charge on any atom is -0.331 e. The fraction of sp³-hybridized carbons (Fsp3) is 0.185. The average Bonchev–Trinajstić information content (AvgIpc) is 3.17. The van der Waals surface area contributed by atoms with Crippen molar-refractivity contribution in [2.24, 2.45) is 0 Å². The highest BCUT2D eigenvalue weighted by atomic mass is 16.2. The van der Waals surface area contributed by atoms with E-state index >= 15 is 0 Å². The standard InChI is InChI=1S/C27H25N3O/c1-19-24-16-10-9-11-21(24)17-18-29(19)27(31)25-20(2)30(23-14-7-4-8-15-23)28-26(25)22-12-5-3-6-13-22/h3-16,19H,17-18H2,1-2H3. The predicted molar refractivity (Wildman–Crippen MR) is 123 cm³/mol. The molecule has 1 aliphatic heterocycles. The van der Waals surface area contributed by atoms with Crippen molar-refractivity contribution < 1.29 is 4.79 Å². The van der Waals surface area contributed by atoms with Crippen molar-refractivity contribution in [1.82, 2.24) is 14.7 Å². The summed E-state index contributed by atoms with van der Waals surface area (Å²) in [7, 11) is 0. The van der Waals surface area contributed by atoms with Crippen LogP contribution in [-0.2, 0) is 6.42 Å². The topological polar surface area (TPSA) is 38.1 Å². The van der Waals surface area contributed by atoms with Crippen molar-refractivity contribution >= 4 is 5.91 Å².